The highest BCUT2D eigenvalue weighted by Gasteiger charge is 2.25. The molecule has 1 aliphatic rings. The molecular formula is C23H26Cl2F2N2O4. The Morgan fingerprint density at radius 1 is 1.06 bits per heavy atom. The number of ether oxygens (including phenoxy) is 2. The van der Waals surface area contributed by atoms with Crippen molar-refractivity contribution < 1.29 is 28.2 Å². The van der Waals surface area contributed by atoms with Crippen LogP contribution in [-0.2, 0) is 4.79 Å². The van der Waals surface area contributed by atoms with Gasteiger partial charge < -0.3 is 25.2 Å². The van der Waals surface area contributed by atoms with E-state index >= 15 is 0 Å². The Kier molecular flexibility index (Phi) is 9.55. The summed E-state index contributed by atoms with van der Waals surface area (Å²) in [6.45, 7) is 0.672. The van der Waals surface area contributed by atoms with E-state index in [0.29, 0.717) is 24.8 Å². The van der Waals surface area contributed by atoms with Crippen molar-refractivity contribution in [3.8, 4) is 11.5 Å². The largest absolute Gasteiger partial charge is 0.491 e. The van der Waals surface area contributed by atoms with E-state index < -0.39 is 17.7 Å². The zero-order chi connectivity index (χ0) is 23.8. The van der Waals surface area contributed by atoms with Gasteiger partial charge in [-0.25, -0.2) is 8.78 Å². The van der Waals surface area contributed by atoms with Gasteiger partial charge in [0.2, 0.25) is 0 Å². The fraction of sp³-hybridized carbons (Fsp3) is 0.435. The SMILES string of the molecule is O=C(COc1ccc(Cl)c(F)c1)NCC1CCC(NCC(O)COc2ccc(Cl)c(F)c2)C1. The molecule has 0 spiro atoms. The molecule has 0 bridgehead atoms. The van der Waals surface area contributed by atoms with Crippen LogP contribution >= 0.6 is 23.2 Å². The maximum Gasteiger partial charge on any atom is 0.257 e. The molecule has 2 aromatic rings. The molecule has 1 saturated carbocycles. The maximum atomic E-state index is 13.4. The van der Waals surface area contributed by atoms with Crippen molar-refractivity contribution in [1.82, 2.24) is 10.6 Å². The van der Waals surface area contributed by atoms with Crippen molar-refractivity contribution in [2.24, 2.45) is 5.92 Å². The highest BCUT2D eigenvalue weighted by Crippen LogP contribution is 2.25. The zero-order valence-electron chi connectivity index (χ0n) is 17.8. The van der Waals surface area contributed by atoms with Crippen LogP contribution in [0.1, 0.15) is 19.3 Å². The lowest BCUT2D eigenvalue weighted by Crippen LogP contribution is -2.37. The fourth-order valence-corrected chi connectivity index (χ4v) is 3.83. The number of aliphatic hydroxyl groups excluding tert-OH is 1. The molecule has 0 saturated heterocycles. The van der Waals surface area contributed by atoms with Gasteiger partial charge in [0.25, 0.3) is 5.91 Å². The Balaban J connectivity index is 1.28. The third-order valence-electron chi connectivity index (χ3n) is 5.37. The van der Waals surface area contributed by atoms with Crippen LogP contribution in [0.3, 0.4) is 0 Å². The highest BCUT2D eigenvalue weighted by molar-refractivity contribution is 6.31. The van der Waals surface area contributed by atoms with Crippen LogP contribution in [0.25, 0.3) is 0 Å². The van der Waals surface area contributed by atoms with E-state index in [0.717, 1.165) is 25.3 Å². The number of rotatable bonds is 11. The van der Waals surface area contributed by atoms with Gasteiger partial charge in [0.1, 0.15) is 35.8 Å². The van der Waals surface area contributed by atoms with Crippen molar-refractivity contribution in [2.75, 3.05) is 26.3 Å². The Bertz CT molecular complexity index is 951. The monoisotopic (exact) mass is 502 g/mol. The molecule has 180 valence electrons. The van der Waals surface area contributed by atoms with E-state index in [-0.39, 0.29) is 41.0 Å². The van der Waals surface area contributed by atoms with Crippen LogP contribution in [0.4, 0.5) is 8.78 Å². The first-order valence-corrected chi connectivity index (χ1v) is 11.4. The topological polar surface area (TPSA) is 79.8 Å². The van der Waals surface area contributed by atoms with E-state index in [1.54, 1.807) is 6.07 Å². The van der Waals surface area contributed by atoms with Crippen LogP contribution in [0.2, 0.25) is 10.0 Å². The van der Waals surface area contributed by atoms with Gasteiger partial charge in [0.05, 0.1) is 10.0 Å². The van der Waals surface area contributed by atoms with Gasteiger partial charge in [0, 0.05) is 31.3 Å². The smallest absolute Gasteiger partial charge is 0.257 e. The molecular weight excluding hydrogens is 477 g/mol. The highest BCUT2D eigenvalue weighted by atomic mass is 35.5. The summed E-state index contributed by atoms with van der Waals surface area (Å²) in [5, 5.41) is 16.3. The standard InChI is InChI=1S/C23H26Cl2F2N2O4/c24-19-5-3-17(8-21(19)26)32-12-16(30)11-28-15-2-1-14(7-15)10-29-23(31)13-33-18-4-6-20(25)22(27)9-18/h3-6,8-9,14-16,28,30H,1-2,7,10-13H2,(H,29,31). The Hall–Kier alpha value is -2.13. The van der Waals surface area contributed by atoms with Crippen molar-refractivity contribution in [1.29, 1.82) is 0 Å². The van der Waals surface area contributed by atoms with Crippen LogP contribution in [0.15, 0.2) is 36.4 Å². The number of halogens is 4. The normalized spacial score (nSPS) is 18.7. The predicted molar refractivity (Wildman–Crippen MR) is 122 cm³/mol. The fourth-order valence-electron chi connectivity index (χ4n) is 3.59. The van der Waals surface area contributed by atoms with Gasteiger partial charge in [0.15, 0.2) is 6.61 Å². The number of amides is 1. The first kappa shape index (κ1) is 25.5. The third kappa shape index (κ3) is 8.30. The molecule has 1 fully saturated rings. The van der Waals surface area contributed by atoms with E-state index in [4.69, 9.17) is 32.7 Å². The minimum absolute atomic E-state index is 0.00631. The average molecular weight is 503 g/mol. The van der Waals surface area contributed by atoms with Crippen LogP contribution in [0, 0.1) is 17.6 Å². The van der Waals surface area contributed by atoms with Crippen molar-refractivity contribution in [2.45, 2.75) is 31.4 Å². The first-order valence-electron chi connectivity index (χ1n) is 10.6. The molecule has 0 aromatic heterocycles. The Morgan fingerprint density at radius 2 is 1.70 bits per heavy atom. The molecule has 1 aliphatic carbocycles. The second-order valence-electron chi connectivity index (χ2n) is 7.99. The molecule has 0 heterocycles. The summed E-state index contributed by atoms with van der Waals surface area (Å²) in [7, 11) is 0. The van der Waals surface area contributed by atoms with Gasteiger partial charge in [-0.05, 0) is 49.4 Å². The molecule has 3 N–H and O–H groups in total. The lowest BCUT2D eigenvalue weighted by atomic mass is 10.1. The van der Waals surface area contributed by atoms with E-state index in [1.807, 2.05) is 0 Å². The number of benzene rings is 2. The Labute approximate surface area is 201 Å². The zero-order valence-corrected chi connectivity index (χ0v) is 19.3. The quantitative estimate of drug-likeness (QED) is 0.433. The second kappa shape index (κ2) is 12.4. The number of hydrogen-bond donors (Lipinski definition) is 3. The van der Waals surface area contributed by atoms with Gasteiger partial charge >= 0.3 is 0 Å². The predicted octanol–water partition coefficient (Wildman–Crippen LogP) is 3.96. The molecule has 0 radical (unpaired) electrons. The van der Waals surface area contributed by atoms with Gasteiger partial charge in [-0.1, -0.05) is 23.2 Å². The number of carbonyl (C=O) groups is 1. The minimum atomic E-state index is -0.752. The number of aliphatic hydroxyl groups is 1. The summed E-state index contributed by atoms with van der Waals surface area (Å²) in [6.07, 6.45) is 1.98. The summed E-state index contributed by atoms with van der Waals surface area (Å²) in [5.74, 6) is -0.609. The van der Waals surface area contributed by atoms with Gasteiger partial charge in [-0.3, -0.25) is 4.79 Å². The van der Waals surface area contributed by atoms with Crippen LogP contribution in [-0.4, -0.2) is 49.5 Å². The summed E-state index contributed by atoms with van der Waals surface area (Å²) in [4.78, 5) is 12.0. The number of nitrogens with one attached hydrogen (secondary N) is 2. The first-order chi connectivity index (χ1) is 15.8. The molecule has 33 heavy (non-hydrogen) atoms. The molecule has 3 atom stereocenters. The third-order valence-corrected chi connectivity index (χ3v) is 5.98. The maximum absolute atomic E-state index is 13.4. The number of carbonyl (C=O) groups excluding carboxylic acids is 1. The van der Waals surface area contributed by atoms with Crippen LogP contribution in [0.5, 0.6) is 11.5 Å². The van der Waals surface area contributed by atoms with E-state index in [2.05, 4.69) is 10.6 Å². The van der Waals surface area contributed by atoms with Gasteiger partial charge in [-0.15, -0.1) is 0 Å². The minimum Gasteiger partial charge on any atom is -0.491 e. The molecule has 2 aromatic carbocycles. The second-order valence-corrected chi connectivity index (χ2v) is 8.81. The molecule has 3 unspecified atom stereocenters. The molecule has 10 heteroatoms. The summed E-state index contributed by atoms with van der Waals surface area (Å²) < 4.78 is 37.5. The summed E-state index contributed by atoms with van der Waals surface area (Å²) >= 11 is 11.2. The molecule has 0 aliphatic heterocycles. The van der Waals surface area contributed by atoms with Gasteiger partial charge in [-0.2, -0.15) is 0 Å². The lowest BCUT2D eigenvalue weighted by molar-refractivity contribution is -0.123. The molecule has 3 rings (SSSR count). The van der Waals surface area contributed by atoms with E-state index in [9.17, 15) is 18.7 Å². The summed E-state index contributed by atoms with van der Waals surface area (Å²) in [5.41, 5.74) is 0. The van der Waals surface area contributed by atoms with Crippen LogP contribution < -0.4 is 20.1 Å². The Morgan fingerprint density at radius 3 is 2.33 bits per heavy atom. The number of hydrogen-bond acceptors (Lipinski definition) is 5. The summed E-state index contributed by atoms with van der Waals surface area (Å²) in [6, 6.07) is 8.35. The van der Waals surface area contributed by atoms with Crippen molar-refractivity contribution in [3.63, 3.8) is 0 Å². The molecule has 1 amide bonds. The lowest BCUT2D eigenvalue weighted by Gasteiger charge is -2.17. The average Bonchev–Trinajstić information content (AvgIpc) is 3.25. The van der Waals surface area contributed by atoms with E-state index in [1.165, 1.54) is 24.3 Å². The van der Waals surface area contributed by atoms with Crippen molar-refractivity contribution >= 4 is 29.1 Å². The van der Waals surface area contributed by atoms with Crippen molar-refractivity contribution in [3.05, 3.63) is 58.1 Å². The molecule has 6 nitrogen and oxygen atoms in total.